The van der Waals surface area contributed by atoms with Gasteiger partial charge in [-0.25, -0.2) is 8.78 Å². The number of hydrogen-bond acceptors (Lipinski definition) is 2. The van der Waals surface area contributed by atoms with Gasteiger partial charge in [-0.1, -0.05) is 0 Å². The van der Waals surface area contributed by atoms with Gasteiger partial charge in [0.05, 0.1) is 13.2 Å². The van der Waals surface area contributed by atoms with E-state index in [2.05, 4.69) is 10.3 Å². The Bertz CT molecular complexity index is 245. The molecular weight excluding hydrogens is 228 g/mol. The van der Waals surface area contributed by atoms with E-state index >= 15 is 0 Å². The average molecular weight is 249 g/mol. The number of likely N-dealkylation sites (N-methyl/N-ethyl adjacent to an activating group) is 1. The third kappa shape index (κ3) is 6.41. The molecule has 0 radical (unpaired) electrons. The van der Waals surface area contributed by atoms with Crippen LogP contribution in [0.25, 0.3) is 0 Å². The smallest absolute Gasteiger partial charge is 0.255 e. The summed E-state index contributed by atoms with van der Waals surface area (Å²) >= 11 is 0. The number of halogens is 2. The first-order chi connectivity index (χ1) is 8.13. The third-order valence-corrected chi connectivity index (χ3v) is 2.61. The largest absolute Gasteiger partial charge is 0.379 e. The summed E-state index contributed by atoms with van der Waals surface area (Å²) in [5, 5.41) is 2.60. The van der Waals surface area contributed by atoms with E-state index in [1.165, 1.54) is 12.8 Å². The molecule has 0 saturated heterocycles. The number of rotatable bonds is 7. The Morgan fingerprint density at radius 2 is 2.24 bits per heavy atom. The lowest BCUT2D eigenvalue weighted by Gasteiger charge is -2.21. The van der Waals surface area contributed by atoms with Crippen LogP contribution in [0.4, 0.5) is 8.78 Å². The number of alkyl halides is 2. The van der Waals surface area contributed by atoms with Gasteiger partial charge in [0.2, 0.25) is 0 Å². The number of aliphatic imine (C=N–C) groups is 1. The molecule has 17 heavy (non-hydrogen) atoms. The predicted octanol–water partition coefficient (Wildman–Crippen LogP) is 1.19. The summed E-state index contributed by atoms with van der Waals surface area (Å²) in [5.74, 6) is 1.22. The van der Waals surface area contributed by atoms with Crippen molar-refractivity contribution in [1.82, 2.24) is 10.2 Å². The van der Waals surface area contributed by atoms with Gasteiger partial charge >= 0.3 is 0 Å². The monoisotopic (exact) mass is 249 g/mol. The zero-order valence-corrected chi connectivity index (χ0v) is 10.5. The van der Waals surface area contributed by atoms with Crippen LogP contribution in [0.5, 0.6) is 0 Å². The summed E-state index contributed by atoms with van der Waals surface area (Å²) in [5.41, 5.74) is 0. The summed E-state index contributed by atoms with van der Waals surface area (Å²) in [4.78, 5) is 5.72. The van der Waals surface area contributed by atoms with E-state index < -0.39 is 6.43 Å². The van der Waals surface area contributed by atoms with E-state index in [0.717, 1.165) is 12.5 Å². The number of nitrogens with zero attached hydrogens (tertiary/aromatic N) is 2. The van der Waals surface area contributed by atoms with Gasteiger partial charge in [0.25, 0.3) is 6.43 Å². The molecule has 0 atom stereocenters. The summed E-state index contributed by atoms with van der Waals surface area (Å²) in [6, 6.07) is 0. The molecule has 1 N–H and O–H groups in total. The van der Waals surface area contributed by atoms with Gasteiger partial charge < -0.3 is 15.0 Å². The number of nitrogens with one attached hydrogen (secondary N) is 1. The molecule has 0 aromatic carbocycles. The van der Waals surface area contributed by atoms with Gasteiger partial charge in [-0.15, -0.1) is 0 Å². The van der Waals surface area contributed by atoms with Crippen molar-refractivity contribution in [2.24, 2.45) is 10.9 Å². The first-order valence-electron chi connectivity index (χ1n) is 5.91. The first kappa shape index (κ1) is 14.2. The maximum Gasteiger partial charge on any atom is 0.255 e. The summed E-state index contributed by atoms with van der Waals surface area (Å²) in [7, 11) is 3.39. The minimum Gasteiger partial charge on any atom is -0.379 e. The molecule has 0 unspecified atom stereocenters. The van der Waals surface area contributed by atoms with Crippen molar-refractivity contribution in [3.8, 4) is 0 Å². The maximum atomic E-state index is 12.0. The minimum absolute atomic E-state index is 0.375. The highest BCUT2D eigenvalue weighted by molar-refractivity contribution is 5.79. The second kappa shape index (κ2) is 7.42. The molecule has 100 valence electrons. The van der Waals surface area contributed by atoms with E-state index in [9.17, 15) is 8.78 Å². The van der Waals surface area contributed by atoms with E-state index in [-0.39, 0.29) is 6.54 Å². The van der Waals surface area contributed by atoms with Crippen molar-refractivity contribution >= 4 is 5.96 Å². The molecule has 0 heterocycles. The fraction of sp³-hybridized carbons (Fsp3) is 0.909. The lowest BCUT2D eigenvalue weighted by atomic mass is 10.5. The van der Waals surface area contributed by atoms with Gasteiger partial charge in [0.1, 0.15) is 0 Å². The fourth-order valence-corrected chi connectivity index (χ4v) is 1.40. The van der Waals surface area contributed by atoms with E-state index in [4.69, 9.17) is 4.74 Å². The van der Waals surface area contributed by atoms with Gasteiger partial charge in [0, 0.05) is 27.2 Å². The molecule has 4 nitrogen and oxygen atoms in total. The Hall–Kier alpha value is -0.910. The fourth-order valence-electron chi connectivity index (χ4n) is 1.40. The zero-order chi connectivity index (χ0) is 12.7. The van der Waals surface area contributed by atoms with Crippen molar-refractivity contribution in [3.05, 3.63) is 0 Å². The molecule has 0 aromatic heterocycles. The molecule has 1 saturated carbocycles. The second-order valence-electron chi connectivity index (χ2n) is 4.26. The molecule has 1 fully saturated rings. The Balaban J connectivity index is 2.11. The van der Waals surface area contributed by atoms with Gasteiger partial charge in [-0.2, -0.15) is 0 Å². The quantitative estimate of drug-likeness (QED) is 0.418. The molecule has 0 aromatic rings. The highest BCUT2D eigenvalue weighted by Gasteiger charge is 2.21. The second-order valence-corrected chi connectivity index (χ2v) is 4.26. The van der Waals surface area contributed by atoms with Crippen LogP contribution in [0.1, 0.15) is 12.8 Å². The van der Waals surface area contributed by atoms with Crippen LogP contribution in [0.15, 0.2) is 4.99 Å². The number of ether oxygens (including phenoxy) is 1. The standard InChI is InChI=1S/C11H21F2N3O/c1-14-11(15-7-10(12)13)16(2)5-6-17-8-9-3-4-9/h9-10H,3-8H2,1-2H3,(H,14,15). The van der Waals surface area contributed by atoms with Crippen LogP contribution in [0, 0.1) is 5.92 Å². The highest BCUT2D eigenvalue weighted by Crippen LogP contribution is 2.28. The molecule has 6 heteroatoms. The Labute approximate surface area is 101 Å². The average Bonchev–Trinajstić information content (AvgIpc) is 3.08. The first-order valence-corrected chi connectivity index (χ1v) is 5.91. The zero-order valence-electron chi connectivity index (χ0n) is 10.5. The predicted molar refractivity (Wildman–Crippen MR) is 63.5 cm³/mol. The summed E-state index contributed by atoms with van der Waals surface area (Å²) < 4.78 is 29.5. The molecule has 1 aliphatic rings. The number of guanidine groups is 1. The van der Waals surface area contributed by atoms with Crippen molar-refractivity contribution < 1.29 is 13.5 Å². The van der Waals surface area contributed by atoms with Crippen LogP contribution in [0.3, 0.4) is 0 Å². The van der Waals surface area contributed by atoms with E-state index in [0.29, 0.717) is 19.1 Å². The highest BCUT2D eigenvalue weighted by atomic mass is 19.3. The molecule has 0 spiro atoms. The van der Waals surface area contributed by atoms with Crippen LogP contribution in [-0.4, -0.2) is 57.7 Å². The van der Waals surface area contributed by atoms with Gasteiger partial charge in [-0.3, -0.25) is 4.99 Å². The van der Waals surface area contributed by atoms with Crippen LogP contribution in [0.2, 0.25) is 0 Å². The Kier molecular flexibility index (Phi) is 6.18. The lowest BCUT2D eigenvalue weighted by molar-refractivity contribution is 0.114. The van der Waals surface area contributed by atoms with Gasteiger partial charge in [0.15, 0.2) is 5.96 Å². The van der Waals surface area contributed by atoms with E-state index in [1.807, 2.05) is 0 Å². The van der Waals surface area contributed by atoms with Crippen molar-refractivity contribution in [3.63, 3.8) is 0 Å². The minimum atomic E-state index is -2.37. The third-order valence-electron chi connectivity index (χ3n) is 2.61. The normalized spacial score (nSPS) is 16.4. The number of hydrogen-bond donors (Lipinski definition) is 1. The SMILES string of the molecule is CN=C(NCC(F)F)N(C)CCOCC1CC1. The summed E-state index contributed by atoms with van der Waals surface area (Å²) in [6.07, 6.45) is 0.173. The summed E-state index contributed by atoms with van der Waals surface area (Å²) in [6.45, 7) is 1.69. The Morgan fingerprint density at radius 1 is 1.53 bits per heavy atom. The molecule has 0 bridgehead atoms. The van der Waals surface area contributed by atoms with Gasteiger partial charge in [-0.05, 0) is 18.8 Å². The topological polar surface area (TPSA) is 36.9 Å². The van der Waals surface area contributed by atoms with Crippen LogP contribution >= 0.6 is 0 Å². The molecule has 0 amide bonds. The van der Waals surface area contributed by atoms with Crippen molar-refractivity contribution in [2.75, 3.05) is 40.4 Å². The lowest BCUT2D eigenvalue weighted by Crippen LogP contribution is -2.42. The molecule has 1 aliphatic carbocycles. The van der Waals surface area contributed by atoms with Crippen LogP contribution < -0.4 is 5.32 Å². The van der Waals surface area contributed by atoms with Crippen LogP contribution in [-0.2, 0) is 4.74 Å². The van der Waals surface area contributed by atoms with Crippen molar-refractivity contribution in [1.29, 1.82) is 0 Å². The Morgan fingerprint density at radius 3 is 2.76 bits per heavy atom. The molecule has 1 rings (SSSR count). The molecular formula is C11H21F2N3O. The maximum absolute atomic E-state index is 12.0. The molecule has 0 aliphatic heterocycles. The van der Waals surface area contributed by atoms with E-state index in [1.54, 1.807) is 19.0 Å². The van der Waals surface area contributed by atoms with Crippen molar-refractivity contribution in [2.45, 2.75) is 19.3 Å².